The minimum Gasteiger partial charge on any atom is -1.00 e. The van der Waals surface area contributed by atoms with E-state index < -0.39 is 0 Å². The average molecular weight is 197 g/mol. The van der Waals surface area contributed by atoms with Crippen molar-refractivity contribution in [1.82, 2.24) is 0 Å². The molecule has 0 aromatic carbocycles. The zero-order valence-electron chi connectivity index (χ0n) is 8.15. The van der Waals surface area contributed by atoms with Gasteiger partial charge in [0.2, 0.25) is 0 Å². The van der Waals surface area contributed by atoms with Crippen molar-refractivity contribution < 1.29 is 12.4 Å². The summed E-state index contributed by atoms with van der Waals surface area (Å²) in [6.07, 6.45) is 4.30. The molecule has 0 aliphatic heterocycles. The maximum atomic E-state index is 4.21. The predicted octanol–water partition coefficient (Wildman–Crippen LogP) is -0.484. The quantitative estimate of drug-likeness (QED) is 0.363. The van der Waals surface area contributed by atoms with Gasteiger partial charge in [-0.3, -0.25) is 0 Å². The largest absolute Gasteiger partial charge is 2.00 e. The molecule has 0 N–H and O–H groups in total. The van der Waals surface area contributed by atoms with Crippen molar-refractivity contribution in [2.75, 3.05) is 0 Å². The van der Waals surface area contributed by atoms with E-state index in [1.165, 1.54) is 19.3 Å². The molecule has 66 valence electrons. The Kier molecular flexibility index (Phi) is 4.42. The topological polar surface area (TPSA) is 0 Å². The number of hydrogen-bond acceptors (Lipinski definition) is 0. The van der Waals surface area contributed by atoms with Crippen molar-refractivity contribution in [3.8, 4) is 0 Å². The predicted molar refractivity (Wildman–Crippen MR) is 49.2 cm³/mol. The Balaban J connectivity index is 0.000000605. The second kappa shape index (κ2) is 4.06. The van der Waals surface area contributed by atoms with Gasteiger partial charge in [-0.25, -0.2) is 0 Å². The van der Waals surface area contributed by atoms with E-state index in [9.17, 15) is 0 Å². The molecule has 3 aliphatic carbocycles. The summed E-state index contributed by atoms with van der Waals surface area (Å²) in [6.45, 7) is 9.05. The Labute approximate surface area is 98.4 Å². The minimum absolute atomic E-state index is 0. The van der Waals surface area contributed by atoms with E-state index >= 15 is 0 Å². The molecule has 0 nitrogen and oxygen atoms in total. The molecule has 0 unspecified atom stereocenters. The van der Waals surface area contributed by atoms with Crippen molar-refractivity contribution in [3.63, 3.8) is 0 Å². The van der Waals surface area contributed by atoms with Crippen LogP contribution >= 0.6 is 0 Å². The van der Waals surface area contributed by atoms with Crippen LogP contribution in [-0.2, 0) is 0 Å². The third-order valence-electron chi connectivity index (χ3n) is 4.00. The van der Waals surface area contributed by atoms with Crippen LogP contribution in [0.4, 0.5) is 0 Å². The van der Waals surface area contributed by atoms with Crippen molar-refractivity contribution >= 4 is 23.1 Å². The molecule has 3 atom stereocenters. The van der Waals surface area contributed by atoms with Crippen molar-refractivity contribution in [2.24, 2.45) is 23.2 Å². The first kappa shape index (κ1) is 13.1. The first-order valence-corrected chi connectivity index (χ1v) is 4.45. The van der Waals surface area contributed by atoms with Crippen LogP contribution in [0.3, 0.4) is 0 Å². The smallest absolute Gasteiger partial charge is 1.00 e. The van der Waals surface area contributed by atoms with Gasteiger partial charge in [0.05, 0.1) is 0 Å². The van der Waals surface area contributed by atoms with Gasteiger partial charge in [-0.2, -0.15) is 5.92 Å². The maximum Gasteiger partial charge on any atom is 2.00 e. The molecule has 3 rings (SSSR count). The van der Waals surface area contributed by atoms with Crippen molar-refractivity contribution in [2.45, 2.75) is 33.1 Å². The second-order valence-electron chi connectivity index (χ2n) is 4.70. The molecule has 3 aliphatic rings. The average Bonchev–Trinajstić information content (AvgIpc) is 1.87. The van der Waals surface area contributed by atoms with Gasteiger partial charge < -0.3 is 19.3 Å². The summed E-state index contributed by atoms with van der Waals surface area (Å²) in [6, 6.07) is 0. The van der Waals surface area contributed by atoms with Gasteiger partial charge >= 0.3 is 23.1 Å². The molecular weight excluding hydrogens is 180 g/mol. The minimum atomic E-state index is 0. The van der Waals surface area contributed by atoms with Crippen LogP contribution in [0.5, 0.6) is 0 Å². The van der Waals surface area contributed by atoms with Crippen LogP contribution in [0.1, 0.15) is 33.1 Å². The molecule has 0 radical (unpaired) electrons. The monoisotopic (exact) mass is 196 g/mol. The van der Waals surface area contributed by atoms with E-state index in [-0.39, 0.29) is 35.5 Å². The van der Waals surface area contributed by atoms with E-state index in [4.69, 9.17) is 0 Å². The van der Waals surface area contributed by atoms with E-state index in [0.29, 0.717) is 5.41 Å². The van der Waals surface area contributed by atoms with Crippen LogP contribution in [0.2, 0.25) is 0 Å². The van der Waals surface area contributed by atoms with Crippen molar-refractivity contribution in [3.05, 3.63) is 6.92 Å². The number of fused-ring (bicyclic) bond motifs is 2. The Morgan fingerprint density at radius 1 is 1.25 bits per heavy atom. The molecule has 12 heavy (non-hydrogen) atoms. The summed E-state index contributed by atoms with van der Waals surface area (Å²) in [7, 11) is 0. The van der Waals surface area contributed by atoms with Crippen LogP contribution in [-0.4, -0.2) is 23.1 Å². The first-order chi connectivity index (χ1) is 4.62. The van der Waals surface area contributed by atoms with E-state index in [2.05, 4.69) is 20.8 Å². The summed E-state index contributed by atoms with van der Waals surface area (Å²) in [5, 5.41) is 0. The Bertz CT molecular complexity index is 154. The fourth-order valence-electron chi connectivity index (χ4n) is 2.96. The Morgan fingerprint density at radius 3 is 2.08 bits per heavy atom. The zero-order valence-corrected chi connectivity index (χ0v) is 10.3. The SMILES string of the molecule is [CH2-][C@H]1CC[C@@H]2C[C@H]1C2(C)C.[Cl-].[Mg+2]. The summed E-state index contributed by atoms with van der Waals surface area (Å²) in [4.78, 5) is 0. The van der Waals surface area contributed by atoms with Crippen LogP contribution in [0.15, 0.2) is 0 Å². The van der Waals surface area contributed by atoms with Crippen LogP contribution < -0.4 is 12.4 Å². The van der Waals surface area contributed by atoms with Crippen LogP contribution in [0.25, 0.3) is 0 Å². The molecule has 0 heterocycles. The summed E-state index contributed by atoms with van der Waals surface area (Å²) >= 11 is 0. The van der Waals surface area contributed by atoms with E-state index in [1.807, 2.05) is 0 Å². The Hall–Kier alpha value is 1.06. The first-order valence-electron chi connectivity index (χ1n) is 4.45. The van der Waals surface area contributed by atoms with E-state index in [1.54, 1.807) is 0 Å². The molecule has 2 heteroatoms. The molecular formula is C10H17ClMg. The maximum absolute atomic E-state index is 4.21. The number of rotatable bonds is 0. The summed E-state index contributed by atoms with van der Waals surface area (Å²) in [5.41, 5.74) is 0.644. The van der Waals surface area contributed by atoms with Gasteiger partial charge in [0, 0.05) is 0 Å². The third-order valence-corrected chi connectivity index (χ3v) is 4.00. The molecule has 0 saturated heterocycles. The van der Waals surface area contributed by atoms with E-state index in [0.717, 1.165) is 17.8 Å². The number of halogens is 1. The van der Waals surface area contributed by atoms with Gasteiger partial charge in [-0.15, -0.1) is 0 Å². The van der Waals surface area contributed by atoms with Crippen LogP contribution in [0, 0.1) is 30.1 Å². The van der Waals surface area contributed by atoms with Crippen molar-refractivity contribution in [1.29, 1.82) is 0 Å². The second-order valence-corrected chi connectivity index (χ2v) is 4.70. The number of hydrogen-bond donors (Lipinski definition) is 0. The third kappa shape index (κ3) is 1.65. The fourth-order valence-corrected chi connectivity index (χ4v) is 2.96. The molecule has 3 fully saturated rings. The molecule has 2 bridgehead atoms. The summed E-state index contributed by atoms with van der Waals surface area (Å²) < 4.78 is 0. The molecule has 0 amide bonds. The Morgan fingerprint density at radius 2 is 1.83 bits per heavy atom. The van der Waals surface area contributed by atoms with Gasteiger partial charge in [0.1, 0.15) is 0 Å². The summed E-state index contributed by atoms with van der Waals surface area (Å²) in [5.74, 6) is 2.75. The standard InChI is InChI=1S/C10H17.ClH.Mg/c1-7-4-5-8-6-9(7)10(8,2)3;;/h7-9H,1,4-6H2,2-3H3;1H;/q-1;;+2/p-1/t7-,8+,9+;;/m0../s1. The molecule has 0 aromatic rings. The van der Waals surface area contributed by atoms with Gasteiger partial charge in [-0.1, -0.05) is 32.6 Å². The van der Waals surface area contributed by atoms with Gasteiger partial charge in [0.25, 0.3) is 0 Å². The van der Waals surface area contributed by atoms with Gasteiger partial charge in [-0.05, 0) is 17.8 Å². The molecule has 0 spiro atoms. The zero-order chi connectivity index (χ0) is 7.35. The molecule has 0 aromatic heterocycles. The molecule has 3 saturated carbocycles. The fraction of sp³-hybridized carbons (Fsp3) is 0.900. The normalized spacial score (nSPS) is 41.8. The van der Waals surface area contributed by atoms with Gasteiger partial charge in [0.15, 0.2) is 0 Å².